The van der Waals surface area contributed by atoms with Crippen LogP contribution in [-0.2, 0) is 4.74 Å². The Bertz CT molecular complexity index is 939. The van der Waals surface area contributed by atoms with Crippen LogP contribution in [0.3, 0.4) is 0 Å². The second-order valence-corrected chi connectivity index (χ2v) is 7.30. The second-order valence-electron chi connectivity index (χ2n) is 7.30. The van der Waals surface area contributed by atoms with Gasteiger partial charge in [-0.3, -0.25) is 4.90 Å². The lowest BCUT2D eigenvalue weighted by atomic mass is 10.1. The monoisotopic (exact) mass is 392 g/mol. The van der Waals surface area contributed by atoms with Gasteiger partial charge in [0.1, 0.15) is 11.6 Å². The molecule has 1 aliphatic heterocycles. The minimum Gasteiger partial charge on any atom is -0.497 e. The molecule has 6 heteroatoms. The fraction of sp³-hybridized carbons (Fsp3) is 0.391. The number of hydrogen-bond acceptors (Lipinski definition) is 6. The van der Waals surface area contributed by atoms with E-state index in [9.17, 15) is 0 Å². The first-order valence-corrected chi connectivity index (χ1v) is 10.2. The molecule has 0 radical (unpaired) electrons. The van der Waals surface area contributed by atoms with E-state index in [0.717, 1.165) is 73.1 Å². The molecule has 29 heavy (non-hydrogen) atoms. The summed E-state index contributed by atoms with van der Waals surface area (Å²) in [5.74, 6) is 2.43. The highest BCUT2D eigenvalue weighted by molar-refractivity contribution is 5.90. The molecule has 152 valence electrons. The van der Waals surface area contributed by atoms with Crippen molar-refractivity contribution in [1.82, 2.24) is 14.9 Å². The number of fused-ring (bicyclic) bond motifs is 1. The van der Waals surface area contributed by atoms with Crippen LogP contribution in [0.25, 0.3) is 22.3 Å². The molecule has 0 saturated carbocycles. The van der Waals surface area contributed by atoms with Crippen molar-refractivity contribution >= 4 is 16.7 Å². The first kappa shape index (κ1) is 19.6. The lowest BCUT2D eigenvalue weighted by Crippen LogP contribution is -2.43. The molecule has 3 aromatic rings. The van der Waals surface area contributed by atoms with E-state index >= 15 is 0 Å². The molecule has 1 aromatic heterocycles. The van der Waals surface area contributed by atoms with Crippen LogP contribution in [0.4, 0.5) is 5.82 Å². The normalized spacial score (nSPS) is 15.9. The highest BCUT2D eigenvalue weighted by Crippen LogP contribution is 2.27. The molecule has 4 rings (SSSR count). The van der Waals surface area contributed by atoms with Crippen LogP contribution < -0.4 is 10.1 Å². The Hall–Kier alpha value is -2.70. The standard InChI is InChI=1S/C23H28N4O2/c1-3-18(16-27-12-14-29-15-13-27)24-23-20-6-4-5-7-21(20)25-22(26-23)17-8-10-19(28-2)11-9-17/h4-11,18H,3,12-16H2,1-2H3,(H,24,25,26)/t18-/m0/s1. The predicted octanol–water partition coefficient (Wildman–Crippen LogP) is 3.83. The van der Waals surface area contributed by atoms with E-state index in [1.165, 1.54) is 0 Å². The van der Waals surface area contributed by atoms with Gasteiger partial charge in [-0.15, -0.1) is 0 Å². The Morgan fingerprint density at radius 1 is 1.07 bits per heavy atom. The molecule has 0 unspecified atom stereocenters. The molecular weight excluding hydrogens is 364 g/mol. The van der Waals surface area contributed by atoms with Crippen molar-refractivity contribution in [2.75, 3.05) is 45.3 Å². The largest absolute Gasteiger partial charge is 0.497 e. The predicted molar refractivity (Wildman–Crippen MR) is 116 cm³/mol. The van der Waals surface area contributed by atoms with Crippen molar-refractivity contribution < 1.29 is 9.47 Å². The number of aromatic nitrogens is 2. The molecule has 1 saturated heterocycles. The zero-order valence-electron chi connectivity index (χ0n) is 17.1. The molecule has 1 atom stereocenters. The Morgan fingerprint density at radius 3 is 2.55 bits per heavy atom. The van der Waals surface area contributed by atoms with Crippen molar-refractivity contribution in [3.05, 3.63) is 48.5 Å². The van der Waals surface area contributed by atoms with Gasteiger partial charge in [-0.25, -0.2) is 9.97 Å². The van der Waals surface area contributed by atoms with Crippen LogP contribution in [0.1, 0.15) is 13.3 Å². The average Bonchev–Trinajstić information content (AvgIpc) is 2.79. The summed E-state index contributed by atoms with van der Waals surface area (Å²) < 4.78 is 10.8. The van der Waals surface area contributed by atoms with Gasteiger partial charge in [0.05, 0.1) is 25.8 Å². The summed E-state index contributed by atoms with van der Waals surface area (Å²) in [6.07, 6.45) is 1.02. The van der Waals surface area contributed by atoms with Crippen LogP contribution >= 0.6 is 0 Å². The lowest BCUT2D eigenvalue weighted by Gasteiger charge is -2.30. The third-order valence-corrected chi connectivity index (χ3v) is 5.37. The number of nitrogens with zero attached hydrogens (tertiary/aromatic N) is 3. The highest BCUT2D eigenvalue weighted by atomic mass is 16.5. The van der Waals surface area contributed by atoms with Crippen molar-refractivity contribution in [3.63, 3.8) is 0 Å². The molecule has 0 amide bonds. The summed E-state index contributed by atoms with van der Waals surface area (Å²) in [6, 6.07) is 16.4. The summed E-state index contributed by atoms with van der Waals surface area (Å²) in [5, 5.41) is 4.74. The van der Waals surface area contributed by atoms with Gasteiger partial charge < -0.3 is 14.8 Å². The summed E-state index contributed by atoms with van der Waals surface area (Å²) in [7, 11) is 1.67. The maximum absolute atomic E-state index is 5.48. The Labute approximate surface area is 171 Å². The van der Waals surface area contributed by atoms with E-state index in [4.69, 9.17) is 19.4 Å². The Morgan fingerprint density at radius 2 is 1.83 bits per heavy atom. The molecule has 2 aromatic carbocycles. The van der Waals surface area contributed by atoms with Gasteiger partial charge in [0.15, 0.2) is 5.82 Å². The fourth-order valence-corrected chi connectivity index (χ4v) is 3.62. The van der Waals surface area contributed by atoms with Gasteiger partial charge in [-0.1, -0.05) is 19.1 Å². The second kappa shape index (κ2) is 9.20. The number of benzene rings is 2. The maximum Gasteiger partial charge on any atom is 0.162 e. The zero-order chi connectivity index (χ0) is 20.1. The van der Waals surface area contributed by atoms with E-state index in [1.54, 1.807) is 7.11 Å². The molecule has 1 fully saturated rings. The lowest BCUT2D eigenvalue weighted by molar-refractivity contribution is 0.0360. The summed E-state index contributed by atoms with van der Waals surface area (Å²) in [5.41, 5.74) is 1.91. The minimum atomic E-state index is 0.315. The number of para-hydroxylation sites is 1. The van der Waals surface area contributed by atoms with Crippen LogP contribution in [0, 0.1) is 0 Å². The van der Waals surface area contributed by atoms with Gasteiger partial charge in [0.2, 0.25) is 0 Å². The van der Waals surface area contributed by atoms with Gasteiger partial charge in [-0.2, -0.15) is 0 Å². The molecule has 1 N–H and O–H groups in total. The van der Waals surface area contributed by atoms with Gasteiger partial charge in [-0.05, 0) is 42.8 Å². The SMILES string of the molecule is CC[C@@H](CN1CCOCC1)Nc1nc(-c2ccc(OC)cc2)nc2ccccc12. The fourth-order valence-electron chi connectivity index (χ4n) is 3.62. The molecular formula is C23H28N4O2. The van der Waals surface area contributed by atoms with E-state index in [2.05, 4.69) is 23.2 Å². The van der Waals surface area contributed by atoms with Crippen molar-refractivity contribution in [3.8, 4) is 17.1 Å². The Balaban J connectivity index is 1.64. The van der Waals surface area contributed by atoms with E-state index in [-0.39, 0.29) is 0 Å². The van der Waals surface area contributed by atoms with Crippen molar-refractivity contribution in [2.24, 2.45) is 0 Å². The van der Waals surface area contributed by atoms with E-state index < -0.39 is 0 Å². The van der Waals surface area contributed by atoms with Crippen molar-refractivity contribution in [1.29, 1.82) is 0 Å². The van der Waals surface area contributed by atoms with E-state index in [0.29, 0.717) is 6.04 Å². The molecule has 0 spiro atoms. The van der Waals surface area contributed by atoms with E-state index in [1.807, 2.05) is 42.5 Å². The topological polar surface area (TPSA) is 59.5 Å². The molecule has 1 aliphatic rings. The van der Waals surface area contributed by atoms with Crippen LogP contribution in [0.15, 0.2) is 48.5 Å². The van der Waals surface area contributed by atoms with Crippen LogP contribution in [0.2, 0.25) is 0 Å². The first-order valence-electron chi connectivity index (χ1n) is 10.2. The third kappa shape index (κ3) is 4.66. The minimum absolute atomic E-state index is 0.315. The van der Waals surface area contributed by atoms with Crippen molar-refractivity contribution in [2.45, 2.75) is 19.4 Å². The number of anilines is 1. The molecule has 0 bridgehead atoms. The Kier molecular flexibility index (Phi) is 6.22. The van der Waals surface area contributed by atoms with Gasteiger partial charge in [0, 0.05) is 36.6 Å². The van der Waals surface area contributed by atoms with Gasteiger partial charge in [0.25, 0.3) is 0 Å². The quantitative estimate of drug-likeness (QED) is 0.659. The third-order valence-electron chi connectivity index (χ3n) is 5.37. The maximum atomic E-state index is 5.48. The summed E-state index contributed by atoms with van der Waals surface area (Å²) in [6.45, 7) is 6.80. The number of nitrogens with one attached hydrogen (secondary N) is 1. The summed E-state index contributed by atoms with van der Waals surface area (Å²) >= 11 is 0. The van der Waals surface area contributed by atoms with Crippen LogP contribution in [-0.4, -0.2) is 60.9 Å². The smallest absolute Gasteiger partial charge is 0.162 e. The molecule has 6 nitrogen and oxygen atoms in total. The van der Waals surface area contributed by atoms with Crippen LogP contribution in [0.5, 0.6) is 5.75 Å². The number of morpholine rings is 1. The number of hydrogen-bond donors (Lipinski definition) is 1. The number of methoxy groups -OCH3 is 1. The van der Waals surface area contributed by atoms with Gasteiger partial charge >= 0.3 is 0 Å². The molecule has 0 aliphatic carbocycles. The highest BCUT2D eigenvalue weighted by Gasteiger charge is 2.18. The average molecular weight is 393 g/mol. The first-order chi connectivity index (χ1) is 14.3. The number of rotatable bonds is 7. The molecule has 2 heterocycles. The summed E-state index contributed by atoms with van der Waals surface area (Å²) in [4.78, 5) is 12.1. The number of ether oxygens (including phenoxy) is 2. The zero-order valence-corrected chi connectivity index (χ0v) is 17.1.